The van der Waals surface area contributed by atoms with E-state index in [1.165, 1.54) is 12.1 Å². The molecule has 0 saturated carbocycles. The zero-order valence-corrected chi connectivity index (χ0v) is 16.0. The molecule has 0 N–H and O–H groups in total. The van der Waals surface area contributed by atoms with Crippen LogP contribution in [0, 0.1) is 12.7 Å². The minimum atomic E-state index is -0.406. The van der Waals surface area contributed by atoms with Crippen LogP contribution in [0.4, 0.5) is 10.1 Å². The van der Waals surface area contributed by atoms with Crippen LogP contribution in [0.3, 0.4) is 0 Å². The molecular formula is C21H21FN2O2S. The van der Waals surface area contributed by atoms with Gasteiger partial charge in [-0.25, -0.2) is 4.39 Å². The Hall–Kier alpha value is -2.34. The summed E-state index contributed by atoms with van der Waals surface area (Å²) in [5, 5.41) is 0. The van der Waals surface area contributed by atoms with Gasteiger partial charge in [-0.1, -0.05) is 18.2 Å². The Bertz CT molecular complexity index is 893. The average molecular weight is 384 g/mol. The van der Waals surface area contributed by atoms with Gasteiger partial charge in [0.1, 0.15) is 5.82 Å². The first-order chi connectivity index (χ1) is 13.0. The molecule has 2 aromatic rings. The molecule has 2 aliphatic heterocycles. The number of rotatable bonds is 2. The molecule has 0 unspecified atom stereocenters. The third kappa shape index (κ3) is 3.34. The molecule has 0 aliphatic carbocycles. The highest BCUT2D eigenvalue weighted by atomic mass is 32.2. The lowest BCUT2D eigenvalue weighted by molar-refractivity contribution is -0.116. The van der Waals surface area contributed by atoms with Gasteiger partial charge < -0.3 is 4.90 Å². The van der Waals surface area contributed by atoms with Gasteiger partial charge in [-0.05, 0) is 55.7 Å². The number of carbonyl (C=O) groups excluding carboxylic acids is 2. The fraction of sp³-hybridized carbons (Fsp3) is 0.333. The first kappa shape index (κ1) is 18.0. The highest BCUT2D eigenvalue weighted by Gasteiger charge is 2.49. The number of hydrogen-bond acceptors (Lipinski definition) is 3. The van der Waals surface area contributed by atoms with Crippen LogP contribution in [0.1, 0.15) is 28.8 Å². The van der Waals surface area contributed by atoms with Gasteiger partial charge in [0, 0.05) is 24.3 Å². The second kappa shape index (κ2) is 7.00. The Kier molecular flexibility index (Phi) is 4.68. The quantitative estimate of drug-likeness (QED) is 0.790. The van der Waals surface area contributed by atoms with Gasteiger partial charge >= 0.3 is 0 Å². The summed E-state index contributed by atoms with van der Waals surface area (Å²) in [5.74, 6) is 0.0272. The number of anilines is 1. The number of aryl methyl sites for hydroxylation is 1. The summed E-state index contributed by atoms with van der Waals surface area (Å²) in [6, 6.07) is 13.8. The predicted molar refractivity (Wildman–Crippen MR) is 105 cm³/mol. The van der Waals surface area contributed by atoms with Crippen molar-refractivity contribution in [2.24, 2.45) is 0 Å². The van der Waals surface area contributed by atoms with E-state index >= 15 is 0 Å². The molecule has 0 atom stereocenters. The summed E-state index contributed by atoms with van der Waals surface area (Å²) < 4.78 is 13.4. The summed E-state index contributed by atoms with van der Waals surface area (Å²) >= 11 is 1.67. The van der Waals surface area contributed by atoms with Crippen molar-refractivity contribution in [3.63, 3.8) is 0 Å². The fourth-order valence-corrected chi connectivity index (χ4v) is 5.26. The van der Waals surface area contributed by atoms with E-state index in [9.17, 15) is 14.0 Å². The number of piperidine rings is 1. The van der Waals surface area contributed by atoms with Gasteiger partial charge in [-0.3, -0.25) is 14.5 Å². The van der Waals surface area contributed by atoms with E-state index in [1.807, 2.05) is 36.1 Å². The van der Waals surface area contributed by atoms with Gasteiger partial charge in [0.15, 0.2) is 0 Å². The van der Waals surface area contributed by atoms with Gasteiger partial charge in [0.2, 0.25) is 5.91 Å². The molecule has 2 saturated heterocycles. The standard InChI is InChI=1S/C21H21FN2O2S/c1-15-4-2-7-18(12-15)24-19(25)14-27-21(24)8-10-23(11-9-21)20(26)16-5-3-6-17(22)13-16/h2-7,12-13H,8-11,14H2,1H3. The maximum Gasteiger partial charge on any atom is 0.253 e. The van der Waals surface area contributed by atoms with E-state index in [2.05, 4.69) is 0 Å². The predicted octanol–water partition coefficient (Wildman–Crippen LogP) is 3.85. The van der Waals surface area contributed by atoms with Crippen molar-refractivity contribution in [3.05, 3.63) is 65.5 Å². The number of likely N-dealkylation sites (tertiary alicyclic amines) is 1. The monoisotopic (exact) mass is 384 g/mol. The number of carbonyl (C=O) groups is 2. The largest absolute Gasteiger partial charge is 0.338 e. The van der Waals surface area contributed by atoms with Crippen LogP contribution in [0.5, 0.6) is 0 Å². The zero-order valence-electron chi connectivity index (χ0n) is 15.2. The highest BCUT2D eigenvalue weighted by molar-refractivity contribution is 8.02. The Morgan fingerprint density at radius 2 is 1.85 bits per heavy atom. The van der Waals surface area contributed by atoms with Crippen LogP contribution in [0.15, 0.2) is 48.5 Å². The van der Waals surface area contributed by atoms with Gasteiger partial charge in [-0.15, -0.1) is 11.8 Å². The Morgan fingerprint density at radius 1 is 1.11 bits per heavy atom. The van der Waals surface area contributed by atoms with Crippen LogP contribution in [0.25, 0.3) is 0 Å². The maximum absolute atomic E-state index is 13.4. The van der Waals surface area contributed by atoms with E-state index in [0.29, 0.717) is 37.2 Å². The number of halogens is 1. The summed E-state index contributed by atoms with van der Waals surface area (Å²) in [4.78, 5) is 28.7. The number of hydrogen-bond donors (Lipinski definition) is 0. The highest BCUT2D eigenvalue weighted by Crippen LogP contribution is 2.47. The minimum absolute atomic E-state index is 0.121. The molecule has 27 heavy (non-hydrogen) atoms. The van der Waals surface area contributed by atoms with Gasteiger partial charge in [-0.2, -0.15) is 0 Å². The van der Waals surface area contributed by atoms with E-state index in [0.717, 1.165) is 11.3 Å². The van der Waals surface area contributed by atoms with E-state index in [4.69, 9.17) is 0 Å². The van der Waals surface area contributed by atoms with Crippen molar-refractivity contribution < 1.29 is 14.0 Å². The van der Waals surface area contributed by atoms with Crippen molar-refractivity contribution >= 4 is 29.3 Å². The summed E-state index contributed by atoms with van der Waals surface area (Å²) in [6.07, 6.45) is 1.41. The molecule has 0 radical (unpaired) electrons. The third-order valence-corrected chi connectivity index (χ3v) is 6.80. The lowest BCUT2D eigenvalue weighted by atomic mass is 10.00. The maximum atomic E-state index is 13.4. The summed E-state index contributed by atoms with van der Waals surface area (Å²) in [7, 11) is 0. The van der Waals surface area contributed by atoms with Gasteiger partial charge in [0.25, 0.3) is 5.91 Å². The van der Waals surface area contributed by atoms with Crippen molar-refractivity contribution in [2.75, 3.05) is 23.7 Å². The van der Waals surface area contributed by atoms with Crippen molar-refractivity contribution in [2.45, 2.75) is 24.6 Å². The molecule has 0 bridgehead atoms. The molecule has 2 amide bonds. The number of thioether (sulfide) groups is 1. The zero-order chi connectivity index (χ0) is 19.0. The number of nitrogens with zero attached hydrogens (tertiary/aromatic N) is 2. The SMILES string of the molecule is Cc1cccc(N2C(=O)CSC23CCN(C(=O)c2cccc(F)c2)CC3)c1. The molecule has 140 valence electrons. The van der Waals surface area contributed by atoms with Crippen molar-refractivity contribution in [1.29, 1.82) is 0 Å². The molecule has 0 aromatic heterocycles. The molecule has 6 heteroatoms. The van der Waals surface area contributed by atoms with Crippen molar-refractivity contribution in [3.8, 4) is 0 Å². The van der Waals surface area contributed by atoms with Crippen LogP contribution in [0.2, 0.25) is 0 Å². The minimum Gasteiger partial charge on any atom is -0.338 e. The van der Waals surface area contributed by atoms with E-state index in [1.54, 1.807) is 28.8 Å². The Balaban J connectivity index is 1.53. The number of amides is 2. The van der Waals surface area contributed by atoms with Crippen LogP contribution < -0.4 is 4.90 Å². The average Bonchev–Trinajstić information content (AvgIpc) is 2.97. The third-order valence-electron chi connectivity index (χ3n) is 5.28. The first-order valence-corrected chi connectivity index (χ1v) is 10.1. The van der Waals surface area contributed by atoms with Crippen LogP contribution >= 0.6 is 11.8 Å². The number of benzene rings is 2. The lowest BCUT2D eigenvalue weighted by Crippen LogP contribution is -2.53. The molecule has 2 fully saturated rings. The summed E-state index contributed by atoms with van der Waals surface area (Å²) in [6.45, 7) is 3.13. The molecule has 4 rings (SSSR count). The molecule has 4 nitrogen and oxygen atoms in total. The van der Waals surface area contributed by atoms with Crippen LogP contribution in [-0.2, 0) is 4.79 Å². The molecule has 2 aliphatic rings. The molecule has 2 heterocycles. The van der Waals surface area contributed by atoms with Crippen LogP contribution in [-0.4, -0.2) is 40.4 Å². The molecular weight excluding hydrogens is 363 g/mol. The summed E-state index contributed by atoms with van der Waals surface area (Å²) in [5.41, 5.74) is 2.41. The Labute approximate surface area is 162 Å². The molecule has 2 aromatic carbocycles. The second-order valence-corrected chi connectivity index (χ2v) is 8.44. The van der Waals surface area contributed by atoms with Crippen molar-refractivity contribution in [1.82, 2.24) is 4.90 Å². The second-order valence-electron chi connectivity index (χ2n) is 7.11. The van der Waals surface area contributed by atoms with E-state index in [-0.39, 0.29) is 16.7 Å². The van der Waals surface area contributed by atoms with E-state index < -0.39 is 5.82 Å². The normalized spacial score (nSPS) is 19.0. The lowest BCUT2D eigenvalue weighted by Gasteiger charge is -2.44. The topological polar surface area (TPSA) is 40.6 Å². The van der Waals surface area contributed by atoms with Gasteiger partial charge in [0.05, 0.1) is 10.6 Å². The smallest absolute Gasteiger partial charge is 0.253 e. The molecule has 1 spiro atoms. The first-order valence-electron chi connectivity index (χ1n) is 9.07. The Morgan fingerprint density at radius 3 is 2.56 bits per heavy atom. The fourth-order valence-electron chi connectivity index (χ4n) is 3.93.